The fraction of sp³-hybridized carbons (Fsp3) is 1.00. The summed E-state index contributed by atoms with van der Waals surface area (Å²) >= 11 is 0. The van der Waals surface area contributed by atoms with Crippen molar-refractivity contribution in [3.8, 4) is 0 Å². The Morgan fingerprint density at radius 2 is 1.93 bits per heavy atom. The highest BCUT2D eigenvalue weighted by molar-refractivity contribution is 4.75. The first-order valence-corrected chi connectivity index (χ1v) is 6.11. The number of likely N-dealkylation sites (tertiary alicyclic amines) is 1. The number of hydrogen-bond acceptors (Lipinski definition) is 3. The van der Waals surface area contributed by atoms with Gasteiger partial charge in [-0.05, 0) is 24.7 Å². The van der Waals surface area contributed by atoms with Gasteiger partial charge in [0.15, 0.2) is 0 Å². The number of methoxy groups -OCH3 is 1. The number of piperidine rings is 1. The quantitative estimate of drug-likeness (QED) is 0.750. The third-order valence-corrected chi connectivity index (χ3v) is 3.31. The lowest BCUT2D eigenvalue weighted by Gasteiger charge is -2.35. The summed E-state index contributed by atoms with van der Waals surface area (Å²) in [5.74, 6) is 1.68. The summed E-state index contributed by atoms with van der Waals surface area (Å²) < 4.78 is 5.29. The maximum Gasteiger partial charge on any atom is 0.0705 e. The van der Waals surface area contributed by atoms with Gasteiger partial charge in [-0.3, -0.25) is 0 Å². The molecule has 0 saturated carbocycles. The maximum absolute atomic E-state index is 5.61. The molecule has 1 aliphatic rings. The summed E-state index contributed by atoms with van der Waals surface area (Å²) in [6, 6.07) is 0. The van der Waals surface area contributed by atoms with Crippen LogP contribution in [0.5, 0.6) is 0 Å². The molecule has 3 heteroatoms. The van der Waals surface area contributed by atoms with Crippen LogP contribution >= 0.6 is 0 Å². The first-order valence-electron chi connectivity index (χ1n) is 6.11. The van der Waals surface area contributed by atoms with Gasteiger partial charge in [0.1, 0.15) is 0 Å². The number of hydrogen-bond donors (Lipinski definition) is 1. The fourth-order valence-corrected chi connectivity index (χ4v) is 2.63. The van der Waals surface area contributed by atoms with E-state index >= 15 is 0 Å². The molecule has 2 N–H and O–H groups in total. The van der Waals surface area contributed by atoms with Crippen molar-refractivity contribution in [3.63, 3.8) is 0 Å². The Morgan fingerprint density at radius 1 is 1.33 bits per heavy atom. The van der Waals surface area contributed by atoms with E-state index in [1.54, 1.807) is 7.11 Å². The van der Waals surface area contributed by atoms with Crippen molar-refractivity contribution in [1.29, 1.82) is 0 Å². The predicted molar refractivity (Wildman–Crippen MR) is 63.9 cm³/mol. The van der Waals surface area contributed by atoms with Crippen molar-refractivity contribution in [2.24, 2.45) is 17.6 Å². The molecule has 1 rings (SSSR count). The number of nitrogens with zero attached hydrogens (tertiary/aromatic N) is 1. The second-order valence-corrected chi connectivity index (χ2v) is 5.09. The summed E-state index contributed by atoms with van der Waals surface area (Å²) in [6.45, 7) is 8.94. The number of rotatable bonds is 5. The lowest BCUT2D eigenvalue weighted by molar-refractivity contribution is 0.0738. The highest BCUT2D eigenvalue weighted by atomic mass is 16.5. The Bertz CT molecular complexity index is 161. The van der Waals surface area contributed by atoms with E-state index in [0.717, 1.165) is 24.8 Å². The summed E-state index contributed by atoms with van der Waals surface area (Å²) in [4.78, 5) is 2.56. The van der Waals surface area contributed by atoms with E-state index in [2.05, 4.69) is 18.7 Å². The molecule has 1 saturated heterocycles. The van der Waals surface area contributed by atoms with Gasteiger partial charge in [-0.15, -0.1) is 0 Å². The molecule has 1 fully saturated rings. The van der Waals surface area contributed by atoms with Crippen LogP contribution in [-0.4, -0.2) is 44.3 Å². The molecule has 0 aromatic rings. The van der Waals surface area contributed by atoms with E-state index in [9.17, 15) is 0 Å². The molecule has 3 atom stereocenters. The minimum Gasteiger partial charge on any atom is -0.380 e. The van der Waals surface area contributed by atoms with Crippen LogP contribution < -0.4 is 5.73 Å². The third kappa shape index (κ3) is 4.49. The van der Waals surface area contributed by atoms with Gasteiger partial charge in [0.05, 0.1) is 6.10 Å². The molecular weight excluding hydrogens is 188 g/mol. The van der Waals surface area contributed by atoms with Gasteiger partial charge in [-0.1, -0.05) is 13.8 Å². The van der Waals surface area contributed by atoms with Crippen molar-refractivity contribution in [3.05, 3.63) is 0 Å². The summed E-state index contributed by atoms with van der Waals surface area (Å²) in [5.41, 5.74) is 5.61. The molecule has 0 radical (unpaired) electrons. The monoisotopic (exact) mass is 214 g/mol. The minimum absolute atomic E-state index is 0.234. The van der Waals surface area contributed by atoms with Gasteiger partial charge < -0.3 is 15.4 Å². The summed E-state index contributed by atoms with van der Waals surface area (Å²) in [7, 11) is 1.75. The van der Waals surface area contributed by atoms with E-state index in [4.69, 9.17) is 10.5 Å². The van der Waals surface area contributed by atoms with Crippen molar-refractivity contribution < 1.29 is 4.74 Å². The average molecular weight is 214 g/mol. The van der Waals surface area contributed by atoms with Crippen LogP contribution in [0.2, 0.25) is 0 Å². The Morgan fingerprint density at radius 3 is 2.40 bits per heavy atom. The van der Waals surface area contributed by atoms with Crippen LogP contribution in [0.1, 0.15) is 26.7 Å². The lowest BCUT2D eigenvalue weighted by Crippen LogP contribution is -2.40. The zero-order valence-corrected chi connectivity index (χ0v) is 10.4. The molecule has 0 aromatic heterocycles. The van der Waals surface area contributed by atoms with Gasteiger partial charge in [0.25, 0.3) is 0 Å². The van der Waals surface area contributed by atoms with Gasteiger partial charge in [-0.2, -0.15) is 0 Å². The molecule has 0 bridgehead atoms. The van der Waals surface area contributed by atoms with Gasteiger partial charge >= 0.3 is 0 Å². The predicted octanol–water partition coefficient (Wildman–Crippen LogP) is 1.33. The topological polar surface area (TPSA) is 38.5 Å². The molecule has 1 aliphatic heterocycles. The third-order valence-electron chi connectivity index (χ3n) is 3.31. The van der Waals surface area contributed by atoms with E-state index in [-0.39, 0.29) is 6.10 Å². The Balaban J connectivity index is 2.25. The van der Waals surface area contributed by atoms with Crippen LogP contribution in [0.25, 0.3) is 0 Å². The smallest absolute Gasteiger partial charge is 0.0705 e. The first kappa shape index (κ1) is 12.9. The largest absolute Gasteiger partial charge is 0.380 e. The van der Waals surface area contributed by atoms with E-state index in [0.29, 0.717) is 6.54 Å². The molecule has 3 nitrogen and oxygen atoms in total. The van der Waals surface area contributed by atoms with Gasteiger partial charge in [0, 0.05) is 33.3 Å². The van der Waals surface area contributed by atoms with Crippen molar-refractivity contribution in [1.82, 2.24) is 4.90 Å². The molecule has 0 aliphatic carbocycles. The van der Waals surface area contributed by atoms with Crippen LogP contribution in [0.4, 0.5) is 0 Å². The molecular formula is C12H26N2O. The Labute approximate surface area is 94.0 Å². The second-order valence-electron chi connectivity index (χ2n) is 5.09. The summed E-state index contributed by atoms with van der Waals surface area (Å²) in [6.07, 6.45) is 2.67. The van der Waals surface area contributed by atoms with Crippen molar-refractivity contribution in [2.75, 3.05) is 33.3 Å². The Hall–Kier alpha value is -0.120. The second kappa shape index (κ2) is 6.46. The number of ether oxygens (including phenoxy) is 1. The van der Waals surface area contributed by atoms with Crippen LogP contribution in [0.15, 0.2) is 0 Å². The van der Waals surface area contributed by atoms with Crippen LogP contribution in [0, 0.1) is 11.8 Å². The first-order chi connectivity index (χ1) is 7.15. The fourth-order valence-electron chi connectivity index (χ4n) is 2.63. The van der Waals surface area contributed by atoms with E-state index in [1.165, 1.54) is 19.5 Å². The highest BCUT2D eigenvalue weighted by Gasteiger charge is 2.21. The average Bonchev–Trinajstić information content (AvgIpc) is 2.18. The zero-order valence-electron chi connectivity index (χ0n) is 10.4. The lowest BCUT2D eigenvalue weighted by atomic mass is 9.92. The molecule has 0 aromatic carbocycles. The van der Waals surface area contributed by atoms with Gasteiger partial charge in [-0.25, -0.2) is 0 Å². The highest BCUT2D eigenvalue weighted by Crippen LogP contribution is 2.21. The number of nitrogens with two attached hydrogens (primary N) is 1. The van der Waals surface area contributed by atoms with E-state index in [1.807, 2.05) is 0 Å². The SMILES string of the molecule is COC(CN)CCN1CC(C)CC(C)C1. The molecule has 90 valence electrons. The minimum atomic E-state index is 0.234. The standard InChI is InChI=1S/C12H26N2O/c1-10-6-11(2)9-14(8-10)5-4-12(7-13)15-3/h10-12H,4-9,13H2,1-3H3. The van der Waals surface area contributed by atoms with E-state index < -0.39 is 0 Å². The van der Waals surface area contributed by atoms with Crippen molar-refractivity contribution in [2.45, 2.75) is 32.8 Å². The maximum atomic E-state index is 5.61. The molecule has 1 heterocycles. The van der Waals surface area contributed by atoms with Crippen molar-refractivity contribution >= 4 is 0 Å². The summed E-state index contributed by atoms with van der Waals surface area (Å²) in [5, 5.41) is 0. The molecule has 0 spiro atoms. The molecule has 0 amide bonds. The Kier molecular flexibility index (Phi) is 5.58. The van der Waals surface area contributed by atoms with Crippen LogP contribution in [0.3, 0.4) is 0 Å². The normalized spacial score (nSPS) is 30.4. The van der Waals surface area contributed by atoms with Gasteiger partial charge in [0.2, 0.25) is 0 Å². The molecule has 15 heavy (non-hydrogen) atoms. The van der Waals surface area contributed by atoms with Crippen LogP contribution in [-0.2, 0) is 4.74 Å². The molecule has 3 unspecified atom stereocenters. The zero-order chi connectivity index (χ0) is 11.3.